The smallest absolute Gasteiger partial charge is 0.322 e. The Hall–Kier alpha value is -2.85. The van der Waals surface area contributed by atoms with Crippen LogP contribution in [0.25, 0.3) is 10.8 Å². The Kier molecular flexibility index (Phi) is 4.36. The third-order valence-corrected chi connectivity index (χ3v) is 4.60. The van der Waals surface area contributed by atoms with Crippen LogP contribution in [0.1, 0.15) is 11.6 Å². The van der Waals surface area contributed by atoms with Crippen molar-refractivity contribution >= 4 is 22.5 Å². The van der Waals surface area contributed by atoms with Crippen LogP contribution in [0.5, 0.6) is 0 Å². The number of hydrogen-bond acceptors (Lipinski definition) is 2. The van der Waals surface area contributed by atoms with Gasteiger partial charge >= 0.3 is 6.03 Å². The topological polar surface area (TPSA) is 41.6 Å². The molecule has 1 saturated heterocycles. The number of urea groups is 1. The monoisotopic (exact) mass is 332 g/mol. The van der Waals surface area contributed by atoms with Gasteiger partial charge in [-0.3, -0.25) is 0 Å². The second kappa shape index (κ2) is 6.95. The summed E-state index contributed by atoms with van der Waals surface area (Å²) in [6, 6.07) is 23.9. The maximum absolute atomic E-state index is 13.0. The molecule has 0 aromatic heterocycles. The Morgan fingerprint density at radius 2 is 1.72 bits per heavy atom. The highest BCUT2D eigenvalue weighted by Gasteiger charge is 2.28. The van der Waals surface area contributed by atoms with Crippen molar-refractivity contribution in [3.63, 3.8) is 0 Å². The summed E-state index contributed by atoms with van der Waals surface area (Å²) in [5.41, 5.74) is 1.93. The van der Waals surface area contributed by atoms with E-state index < -0.39 is 0 Å². The van der Waals surface area contributed by atoms with Crippen LogP contribution in [0.15, 0.2) is 72.8 Å². The summed E-state index contributed by atoms with van der Waals surface area (Å²) in [6.45, 7) is 1.66. The molecule has 3 aromatic rings. The molecule has 1 aliphatic rings. The lowest BCUT2D eigenvalue weighted by molar-refractivity contribution is 0.0148. The van der Waals surface area contributed by atoms with Gasteiger partial charge in [-0.15, -0.1) is 0 Å². The van der Waals surface area contributed by atoms with E-state index in [2.05, 4.69) is 5.32 Å². The first-order chi connectivity index (χ1) is 12.3. The van der Waals surface area contributed by atoms with Gasteiger partial charge < -0.3 is 15.0 Å². The first-order valence-corrected chi connectivity index (χ1v) is 8.51. The minimum absolute atomic E-state index is 0.0649. The number of ether oxygens (including phenoxy) is 1. The predicted molar refractivity (Wildman–Crippen MR) is 99.7 cm³/mol. The second-order valence-electron chi connectivity index (χ2n) is 6.15. The average Bonchev–Trinajstić information content (AvgIpc) is 2.69. The molecule has 126 valence electrons. The zero-order valence-corrected chi connectivity index (χ0v) is 13.9. The van der Waals surface area contributed by atoms with Gasteiger partial charge in [0.15, 0.2) is 0 Å². The van der Waals surface area contributed by atoms with Crippen molar-refractivity contribution < 1.29 is 9.53 Å². The molecule has 4 heteroatoms. The van der Waals surface area contributed by atoms with Gasteiger partial charge in [0.05, 0.1) is 24.9 Å². The van der Waals surface area contributed by atoms with Crippen LogP contribution < -0.4 is 5.32 Å². The molecule has 0 bridgehead atoms. The lowest BCUT2D eigenvalue weighted by Crippen LogP contribution is -2.45. The van der Waals surface area contributed by atoms with Crippen LogP contribution in [0.4, 0.5) is 10.5 Å². The lowest BCUT2D eigenvalue weighted by atomic mass is 10.1. The standard InChI is InChI=1S/C21H20N2O2/c24-21(22-19-12-6-10-16-7-4-5-11-18(16)19)23-13-14-25-15-20(23)17-8-2-1-3-9-17/h1-12,20H,13-15H2,(H,22,24)/t20-/m0/s1. The molecule has 25 heavy (non-hydrogen) atoms. The molecule has 1 heterocycles. The highest BCUT2D eigenvalue weighted by Crippen LogP contribution is 2.27. The van der Waals surface area contributed by atoms with Crippen molar-refractivity contribution in [3.8, 4) is 0 Å². The van der Waals surface area contributed by atoms with E-state index in [0.717, 1.165) is 22.0 Å². The van der Waals surface area contributed by atoms with E-state index in [0.29, 0.717) is 19.8 Å². The van der Waals surface area contributed by atoms with Gasteiger partial charge in [-0.1, -0.05) is 66.7 Å². The van der Waals surface area contributed by atoms with Gasteiger partial charge in [-0.2, -0.15) is 0 Å². The molecule has 1 N–H and O–H groups in total. The summed E-state index contributed by atoms with van der Waals surface area (Å²) in [7, 11) is 0. The van der Waals surface area contributed by atoms with Crippen LogP contribution in [0.3, 0.4) is 0 Å². The van der Waals surface area contributed by atoms with Crippen LogP contribution in [0.2, 0.25) is 0 Å². The Labute approximate surface area is 147 Å². The normalized spacial score (nSPS) is 17.4. The van der Waals surface area contributed by atoms with Gasteiger partial charge in [0.1, 0.15) is 0 Å². The summed E-state index contributed by atoms with van der Waals surface area (Å²) in [6.07, 6.45) is 0. The van der Waals surface area contributed by atoms with Crippen molar-refractivity contribution in [1.29, 1.82) is 0 Å². The number of rotatable bonds is 2. The molecule has 1 aliphatic heterocycles. The van der Waals surface area contributed by atoms with E-state index in [9.17, 15) is 4.79 Å². The molecule has 0 radical (unpaired) electrons. The van der Waals surface area contributed by atoms with E-state index in [1.165, 1.54) is 0 Å². The minimum Gasteiger partial charge on any atom is -0.377 e. The average molecular weight is 332 g/mol. The molecule has 1 fully saturated rings. The quantitative estimate of drug-likeness (QED) is 0.753. The van der Waals surface area contributed by atoms with Gasteiger partial charge in [-0.25, -0.2) is 4.79 Å². The van der Waals surface area contributed by atoms with Gasteiger partial charge in [-0.05, 0) is 17.0 Å². The van der Waals surface area contributed by atoms with Crippen molar-refractivity contribution in [2.24, 2.45) is 0 Å². The van der Waals surface area contributed by atoms with E-state index >= 15 is 0 Å². The largest absolute Gasteiger partial charge is 0.377 e. The zero-order valence-electron chi connectivity index (χ0n) is 13.9. The number of carbonyl (C=O) groups excluding carboxylic acids is 1. The Bertz CT molecular complexity index is 874. The molecule has 4 rings (SSSR count). The SMILES string of the molecule is O=C(Nc1cccc2ccccc12)N1CCOC[C@H]1c1ccccc1. The second-order valence-corrected chi connectivity index (χ2v) is 6.15. The van der Waals surface area contributed by atoms with E-state index in [1.807, 2.05) is 77.7 Å². The van der Waals surface area contributed by atoms with Crippen molar-refractivity contribution in [3.05, 3.63) is 78.4 Å². The lowest BCUT2D eigenvalue weighted by Gasteiger charge is -2.36. The summed E-state index contributed by atoms with van der Waals surface area (Å²) in [5, 5.41) is 5.24. The van der Waals surface area contributed by atoms with Crippen LogP contribution in [-0.2, 0) is 4.74 Å². The molecule has 4 nitrogen and oxygen atoms in total. The summed E-state index contributed by atoms with van der Waals surface area (Å²) in [4.78, 5) is 14.8. The Morgan fingerprint density at radius 3 is 2.60 bits per heavy atom. The third kappa shape index (κ3) is 3.21. The Morgan fingerprint density at radius 1 is 0.960 bits per heavy atom. The first-order valence-electron chi connectivity index (χ1n) is 8.51. The maximum Gasteiger partial charge on any atom is 0.322 e. The number of hydrogen-bond donors (Lipinski definition) is 1. The van der Waals surface area contributed by atoms with Crippen molar-refractivity contribution in [2.45, 2.75) is 6.04 Å². The van der Waals surface area contributed by atoms with Gasteiger partial charge in [0.25, 0.3) is 0 Å². The minimum atomic E-state index is -0.0893. The fourth-order valence-electron chi connectivity index (χ4n) is 3.32. The number of morpholine rings is 1. The number of carbonyl (C=O) groups is 1. The number of benzene rings is 3. The van der Waals surface area contributed by atoms with Crippen LogP contribution >= 0.6 is 0 Å². The first kappa shape index (κ1) is 15.7. The van der Waals surface area contributed by atoms with Crippen molar-refractivity contribution in [1.82, 2.24) is 4.90 Å². The van der Waals surface area contributed by atoms with E-state index in [4.69, 9.17) is 4.74 Å². The fourth-order valence-corrected chi connectivity index (χ4v) is 3.32. The molecular formula is C21H20N2O2. The van der Waals surface area contributed by atoms with Gasteiger partial charge in [0.2, 0.25) is 0 Å². The maximum atomic E-state index is 13.0. The number of nitrogens with one attached hydrogen (secondary N) is 1. The summed E-state index contributed by atoms with van der Waals surface area (Å²) in [5.74, 6) is 0. The number of anilines is 1. The summed E-state index contributed by atoms with van der Waals surface area (Å²) >= 11 is 0. The number of amides is 2. The number of fused-ring (bicyclic) bond motifs is 1. The molecule has 0 saturated carbocycles. The third-order valence-electron chi connectivity index (χ3n) is 4.60. The highest BCUT2D eigenvalue weighted by atomic mass is 16.5. The van der Waals surface area contributed by atoms with Crippen molar-refractivity contribution in [2.75, 3.05) is 25.1 Å². The molecule has 0 unspecified atom stereocenters. The zero-order chi connectivity index (χ0) is 17.1. The summed E-state index contributed by atoms with van der Waals surface area (Å²) < 4.78 is 5.62. The van der Waals surface area contributed by atoms with E-state index in [-0.39, 0.29) is 12.1 Å². The molecule has 2 amide bonds. The van der Waals surface area contributed by atoms with Crippen LogP contribution in [0, 0.1) is 0 Å². The van der Waals surface area contributed by atoms with Gasteiger partial charge in [0, 0.05) is 11.9 Å². The number of nitrogens with zero attached hydrogens (tertiary/aromatic N) is 1. The predicted octanol–water partition coefficient (Wildman–Crippen LogP) is 4.45. The van der Waals surface area contributed by atoms with Crippen LogP contribution in [-0.4, -0.2) is 30.7 Å². The molecular weight excluding hydrogens is 312 g/mol. The molecule has 0 aliphatic carbocycles. The molecule has 0 spiro atoms. The Balaban J connectivity index is 1.60. The highest BCUT2D eigenvalue weighted by molar-refractivity contribution is 6.01. The molecule has 1 atom stereocenters. The molecule has 3 aromatic carbocycles. The fraction of sp³-hybridized carbons (Fsp3) is 0.190. The van der Waals surface area contributed by atoms with E-state index in [1.54, 1.807) is 0 Å².